The summed E-state index contributed by atoms with van der Waals surface area (Å²) in [7, 11) is 0. The molecule has 1 N–H and O–H groups in total. The van der Waals surface area contributed by atoms with Crippen LogP contribution >= 0.6 is 0 Å². The number of carbonyl (C=O) groups excluding carboxylic acids is 2. The van der Waals surface area contributed by atoms with E-state index in [1.165, 1.54) is 10.5 Å². The fourth-order valence-electron chi connectivity index (χ4n) is 5.73. The van der Waals surface area contributed by atoms with E-state index in [1.807, 2.05) is 43.3 Å². The quantitative estimate of drug-likeness (QED) is 0.359. The zero-order valence-corrected chi connectivity index (χ0v) is 20.3. The molecule has 3 heterocycles. The molecule has 0 aliphatic carbocycles. The first-order valence-electron chi connectivity index (χ1n) is 12.4. The third kappa shape index (κ3) is 3.22. The van der Waals surface area contributed by atoms with Gasteiger partial charge in [0.2, 0.25) is 0 Å². The van der Waals surface area contributed by atoms with E-state index in [-0.39, 0.29) is 18.0 Å². The van der Waals surface area contributed by atoms with E-state index in [1.54, 1.807) is 4.90 Å². The van der Waals surface area contributed by atoms with Gasteiger partial charge in [0.25, 0.3) is 5.91 Å². The van der Waals surface area contributed by atoms with Crippen molar-refractivity contribution in [1.82, 2.24) is 9.88 Å². The molecule has 0 spiro atoms. The molecule has 1 fully saturated rings. The van der Waals surface area contributed by atoms with Crippen LogP contribution in [0.25, 0.3) is 10.9 Å². The molecule has 5 nitrogen and oxygen atoms in total. The van der Waals surface area contributed by atoms with Crippen molar-refractivity contribution in [3.05, 3.63) is 101 Å². The second-order valence-corrected chi connectivity index (χ2v) is 9.85. The Bertz CT molecular complexity index is 1450. The lowest BCUT2D eigenvalue weighted by Gasteiger charge is -2.36. The second kappa shape index (κ2) is 8.12. The molecule has 5 heteroatoms. The number of nitrogens with zero attached hydrogens (tertiary/aromatic N) is 2. The number of hydrogen-bond donors (Lipinski definition) is 1. The minimum Gasteiger partial charge on any atom is -0.356 e. The highest BCUT2D eigenvalue weighted by atomic mass is 16.2. The molecule has 6 rings (SSSR count). The Morgan fingerprint density at radius 2 is 1.66 bits per heavy atom. The number of hydrogen-bond acceptors (Lipinski definition) is 2. The Balaban J connectivity index is 1.53. The van der Waals surface area contributed by atoms with Crippen LogP contribution < -0.4 is 4.90 Å². The van der Waals surface area contributed by atoms with Crippen molar-refractivity contribution in [2.24, 2.45) is 0 Å². The number of aryl methyl sites for hydroxylation is 1. The van der Waals surface area contributed by atoms with Crippen LogP contribution in [0.2, 0.25) is 0 Å². The molecule has 4 aromatic rings. The summed E-state index contributed by atoms with van der Waals surface area (Å²) in [4.78, 5) is 34.7. The molecule has 35 heavy (non-hydrogen) atoms. The van der Waals surface area contributed by atoms with Crippen LogP contribution in [0, 0.1) is 0 Å². The van der Waals surface area contributed by atoms with Gasteiger partial charge in [0.05, 0.1) is 5.69 Å². The Labute approximate surface area is 205 Å². The van der Waals surface area contributed by atoms with Crippen LogP contribution in [0.3, 0.4) is 0 Å². The number of benzene rings is 3. The van der Waals surface area contributed by atoms with Gasteiger partial charge in [-0.2, -0.15) is 0 Å². The highest BCUT2D eigenvalue weighted by molar-refractivity contribution is 6.22. The number of nitrogens with one attached hydrogen (secondary N) is 1. The zero-order chi connectivity index (χ0) is 24.3. The highest BCUT2D eigenvalue weighted by Crippen LogP contribution is 2.45. The minimum absolute atomic E-state index is 0.143. The molecule has 2 aliphatic heterocycles. The first-order valence-corrected chi connectivity index (χ1v) is 12.4. The van der Waals surface area contributed by atoms with Crippen LogP contribution in [-0.2, 0) is 17.6 Å². The Morgan fingerprint density at radius 1 is 0.943 bits per heavy atom. The summed E-state index contributed by atoms with van der Waals surface area (Å²) in [5.74, 6) is 0.276. The predicted molar refractivity (Wildman–Crippen MR) is 139 cm³/mol. The van der Waals surface area contributed by atoms with E-state index in [4.69, 9.17) is 0 Å². The number of aromatic amines is 1. The maximum atomic E-state index is 14.0. The monoisotopic (exact) mass is 463 g/mol. The lowest BCUT2D eigenvalue weighted by molar-refractivity contribution is -0.120. The summed E-state index contributed by atoms with van der Waals surface area (Å²) < 4.78 is 0. The lowest BCUT2D eigenvalue weighted by atomic mass is 9.88. The van der Waals surface area contributed by atoms with E-state index >= 15 is 0 Å². The number of para-hydroxylation sites is 2. The first-order chi connectivity index (χ1) is 17.0. The number of carbonyl (C=O) groups is 2. The van der Waals surface area contributed by atoms with E-state index in [9.17, 15) is 9.59 Å². The third-order valence-electron chi connectivity index (χ3n) is 7.58. The van der Waals surface area contributed by atoms with Gasteiger partial charge in [0.15, 0.2) is 0 Å². The summed E-state index contributed by atoms with van der Waals surface area (Å²) >= 11 is 0. The van der Waals surface area contributed by atoms with Crippen LogP contribution in [0.5, 0.6) is 0 Å². The zero-order valence-electron chi connectivity index (χ0n) is 20.3. The standard InChI is InChI=1S/C30H29N3O2/c1-4-19-9-5-8-12-25(19)33-29(34)26-17-23-22-10-6-7-11-24(22)31-27(23)28(32(26)30(33)35)21-15-13-20(14-16-21)18(2)3/h5-16,18,26,28,31H,4,17H2,1-3H3/t26-,28+/m0/s1. The molecule has 2 aliphatic rings. The van der Waals surface area contributed by atoms with Crippen LogP contribution in [-0.4, -0.2) is 27.9 Å². The van der Waals surface area contributed by atoms with Gasteiger partial charge in [-0.25, -0.2) is 9.69 Å². The molecule has 1 saturated heterocycles. The molecular formula is C30H29N3O2. The van der Waals surface area contributed by atoms with Gasteiger partial charge in [-0.05, 0) is 46.7 Å². The van der Waals surface area contributed by atoms with Crippen molar-refractivity contribution in [2.75, 3.05) is 4.90 Å². The summed E-state index contributed by atoms with van der Waals surface area (Å²) in [5, 5.41) is 1.12. The molecule has 176 valence electrons. The number of fused-ring (bicyclic) bond motifs is 4. The van der Waals surface area contributed by atoms with Crippen molar-refractivity contribution in [1.29, 1.82) is 0 Å². The largest absolute Gasteiger partial charge is 0.356 e. The van der Waals surface area contributed by atoms with Gasteiger partial charge in [-0.3, -0.25) is 9.69 Å². The van der Waals surface area contributed by atoms with Gasteiger partial charge in [-0.15, -0.1) is 0 Å². The summed E-state index contributed by atoms with van der Waals surface area (Å²) in [6, 6.07) is 23.3. The molecule has 0 unspecified atom stereocenters. The third-order valence-corrected chi connectivity index (χ3v) is 7.58. The van der Waals surface area contributed by atoms with Crippen LogP contribution in [0.1, 0.15) is 60.7 Å². The van der Waals surface area contributed by atoms with Crippen LogP contribution in [0.15, 0.2) is 72.8 Å². The number of anilines is 1. The Kier molecular flexibility index (Phi) is 5.03. The number of rotatable bonds is 4. The summed E-state index contributed by atoms with van der Waals surface area (Å²) in [6.07, 6.45) is 1.26. The maximum Gasteiger partial charge on any atom is 0.332 e. The average molecular weight is 464 g/mol. The smallest absolute Gasteiger partial charge is 0.332 e. The van der Waals surface area contributed by atoms with Crippen LogP contribution in [0.4, 0.5) is 10.5 Å². The molecule has 3 amide bonds. The minimum atomic E-state index is -0.533. The number of urea groups is 1. The first kappa shape index (κ1) is 21.7. The number of aromatic nitrogens is 1. The molecule has 0 saturated carbocycles. The Morgan fingerprint density at radius 3 is 2.40 bits per heavy atom. The lowest BCUT2D eigenvalue weighted by Crippen LogP contribution is -2.44. The Hall–Kier alpha value is -3.86. The predicted octanol–water partition coefficient (Wildman–Crippen LogP) is 6.34. The van der Waals surface area contributed by atoms with E-state index in [0.29, 0.717) is 18.0 Å². The number of H-pyrrole nitrogens is 1. The van der Waals surface area contributed by atoms with E-state index in [2.05, 4.69) is 55.2 Å². The second-order valence-electron chi connectivity index (χ2n) is 9.85. The molecule has 2 atom stereocenters. The maximum absolute atomic E-state index is 14.0. The molecule has 3 aromatic carbocycles. The molecule has 0 bridgehead atoms. The van der Waals surface area contributed by atoms with Crippen molar-refractivity contribution in [3.63, 3.8) is 0 Å². The van der Waals surface area contributed by atoms with Gasteiger partial charge in [0.1, 0.15) is 12.1 Å². The number of imide groups is 1. The van der Waals surface area contributed by atoms with Crippen molar-refractivity contribution in [2.45, 2.75) is 51.6 Å². The van der Waals surface area contributed by atoms with Gasteiger partial charge in [-0.1, -0.05) is 81.4 Å². The fourth-order valence-corrected chi connectivity index (χ4v) is 5.73. The topological polar surface area (TPSA) is 56.4 Å². The number of amides is 3. The highest BCUT2D eigenvalue weighted by Gasteiger charge is 2.53. The molecular weight excluding hydrogens is 434 g/mol. The average Bonchev–Trinajstić information content (AvgIpc) is 3.37. The fraction of sp³-hybridized carbons (Fsp3) is 0.267. The van der Waals surface area contributed by atoms with Gasteiger partial charge < -0.3 is 4.98 Å². The van der Waals surface area contributed by atoms with Crippen molar-refractivity contribution >= 4 is 28.5 Å². The van der Waals surface area contributed by atoms with Crippen molar-refractivity contribution in [3.8, 4) is 0 Å². The molecule has 0 radical (unpaired) electrons. The summed E-state index contributed by atoms with van der Waals surface area (Å²) in [6.45, 7) is 6.40. The van der Waals surface area contributed by atoms with Gasteiger partial charge >= 0.3 is 6.03 Å². The van der Waals surface area contributed by atoms with E-state index < -0.39 is 6.04 Å². The molecule has 1 aromatic heterocycles. The van der Waals surface area contributed by atoms with Crippen molar-refractivity contribution < 1.29 is 9.59 Å². The summed E-state index contributed by atoms with van der Waals surface area (Å²) in [5.41, 5.74) is 7.13. The van der Waals surface area contributed by atoms with Gasteiger partial charge in [0, 0.05) is 23.0 Å². The van der Waals surface area contributed by atoms with E-state index in [0.717, 1.165) is 39.7 Å². The normalized spacial score (nSPS) is 19.5. The SMILES string of the molecule is CCc1ccccc1N1C(=O)[C@@H]2Cc3c([nH]c4ccccc34)[C@@H](c3ccc(C(C)C)cc3)N2C1=O.